The highest BCUT2D eigenvalue weighted by Gasteiger charge is 2.29. The van der Waals surface area contributed by atoms with Gasteiger partial charge in [-0.05, 0) is 38.2 Å². The van der Waals surface area contributed by atoms with Gasteiger partial charge in [-0.1, -0.05) is 41.9 Å². The molecular weight excluding hydrogens is 394 g/mol. The maximum absolute atomic E-state index is 11.2. The summed E-state index contributed by atoms with van der Waals surface area (Å²) in [4.78, 5) is 22.8. The second kappa shape index (κ2) is 8.05. The number of hydrogen-bond acceptors (Lipinski definition) is 5. The average Bonchev–Trinajstić information content (AvgIpc) is 3.01. The molecule has 146 valence electrons. The molecule has 28 heavy (non-hydrogen) atoms. The van der Waals surface area contributed by atoms with Gasteiger partial charge < -0.3 is 10.4 Å². The highest BCUT2D eigenvalue weighted by atomic mass is 35.5. The largest absolute Gasteiger partial charge is 0.481 e. The molecule has 2 aromatic heterocycles. The lowest BCUT2D eigenvalue weighted by Gasteiger charge is -2.25. The Labute approximate surface area is 172 Å². The first-order chi connectivity index (χ1) is 13.5. The van der Waals surface area contributed by atoms with E-state index >= 15 is 0 Å². The fourth-order valence-corrected chi connectivity index (χ4v) is 5.06. The van der Waals surface area contributed by atoms with Gasteiger partial charge in [0, 0.05) is 17.3 Å². The monoisotopic (exact) mass is 415 g/mol. The van der Waals surface area contributed by atoms with Crippen LogP contribution in [0, 0.1) is 12.8 Å². The molecule has 0 saturated heterocycles. The van der Waals surface area contributed by atoms with Crippen LogP contribution in [0.3, 0.4) is 0 Å². The van der Waals surface area contributed by atoms with Crippen molar-refractivity contribution in [1.29, 1.82) is 0 Å². The van der Waals surface area contributed by atoms with E-state index in [-0.39, 0.29) is 11.8 Å². The van der Waals surface area contributed by atoms with Crippen LogP contribution in [0.5, 0.6) is 0 Å². The summed E-state index contributed by atoms with van der Waals surface area (Å²) >= 11 is 8.13. The Morgan fingerprint density at radius 3 is 2.61 bits per heavy atom. The standard InChI is InChI=1S/C21H22ClN3O2S/c1-12-17(22)16-19(23-11-13-5-3-2-4-6-13)24-18(25-20(16)28-12)14-7-9-15(10-8-14)21(26)27/h2-6,14-15H,7-11H2,1H3,(H,26,27)(H,23,24,25). The van der Waals surface area contributed by atoms with Gasteiger partial charge in [0.05, 0.1) is 16.3 Å². The number of fused-ring (bicyclic) bond motifs is 1. The molecule has 5 nitrogen and oxygen atoms in total. The second-order valence-electron chi connectivity index (χ2n) is 7.31. The topological polar surface area (TPSA) is 75.1 Å². The fraction of sp³-hybridized carbons (Fsp3) is 0.381. The summed E-state index contributed by atoms with van der Waals surface area (Å²) in [5.41, 5.74) is 1.17. The van der Waals surface area contributed by atoms with E-state index in [9.17, 15) is 9.90 Å². The first-order valence-corrected chi connectivity index (χ1v) is 10.7. The van der Waals surface area contributed by atoms with E-state index in [1.165, 1.54) is 5.56 Å². The minimum atomic E-state index is -0.694. The van der Waals surface area contributed by atoms with Crippen molar-refractivity contribution in [2.24, 2.45) is 5.92 Å². The number of thiophene rings is 1. The van der Waals surface area contributed by atoms with E-state index in [2.05, 4.69) is 17.4 Å². The van der Waals surface area contributed by atoms with Crippen molar-refractivity contribution >= 4 is 44.9 Å². The maximum Gasteiger partial charge on any atom is 0.306 e. The van der Waals surface area contributed by atoms with Crippen LogP contribution < -0.4 is 5.32 Å². The molecule has 2 N–H and O–H groups in total. The Bertz CT molecular complexity index is 998. The lowest BCUT2D eigenvalue weighted by Crippen LogP contribution is -2.21. The van der Waals surface area contributed by atoms with Crippen molar-refractivity contribution in [3.8, 4) is 0 Å². The molecule has 1 aliphatic carbocycles. The van der Waals surface area contributed by atoms with Crippen molar-refractivity contribution in [1.82, 2.24) is 9.97 Å². The molecule has 4 rings (SSSR count). The maximum atomic E-state index is 11.2. The van der Waals surface area contributed by atoms with Gasteiger partial charge >= 0.3 is 5.97 Å². The Morgan fingerprint density at radius 1 is 1.21 bits per heavy atom. The third-order valence-electron chi connectivity index (χ3n) is 5.42. The Kier molecular flexibility index (Phi) is 5.51. The number of nitrogens with zero attached hydrogens (tertiary/aromatic N) is 2. The molecule has 0 atom stereocenters. The molecule has 0 amide bonds. The predicted molar refractivity (Wildman–Crippen MR) is 113 cm³/mol. The van der Waals surface area contributed by atoms with E-state index in [1.807, 2.05) is 25.1 Å². The first kappa shape index (κ1) is 19.2. The fourth-order valence-electron chi connectivity index (χ4n) is 3.78. The smallest absolute Gasteiger partial charge is 0.306 e. The van der Waals surface area contributed by atoms with Crippen LogP contribution in [0.25, 0.3) is 10.2 Å². The zero-order valence-corrected chi connectivity index (χ0v) is 17.2. The van der Waals surface area contributed by atoms with Crippen molar-refractivity contribution in [3.63, 3.8) is 0 Å². The van der Waals surface area contributed by atoms with Crippen molar-refractivity contribution < 1.29 is 9.90 Å². The molecule has 3 aromatic rings. The zero-order valence-electron chi connectivity index (χ0n) is 15.6. The van der Waals surface area contributed by atoms with Gasteiger partial charge in [0.2, 0.25) is 0 Å². The van der Waals surface area contributed by atoms with Crippen LogP contribution in [0.4, 0.5) is 5.82 Å². The van der Waals surface area contributed by atoms with E-state index < -0.39 is 5.97 Å². The summed E-state index contributed by atoms with van der Waals surface area (Å²) in [5, 5.41) is 14.3. The first-order valence-electron chi connectivity index (χ1n) is 9.50. The average molecular weight is 416 g/mol. The number of hydrogen-bond donors (Lipinski definition) is 2. The summed E-state index contributed by atoms with van der Waals surface area (Å²) in [6, 6.07) is 10.2. The third-order valence-corrected chi connectivity index (χ3v) is 7.00. The third kappa shape index (κ3) is 3.84. The highest BCUT2D eigenvalue weighted by Crippen LogP contribution is 2.40. The zero-order chi connectivity index (χ0) is 19.7. The number of aryl methyl sites for hydroxylation is 1. The molecular formula is C21H22ClN3O2S. The minimum absolute atomic E-state index is 0.193. The van der Waals surface area contributed by atoms with Crippen LogP contribution in [0.2, 0.25) is 5.02 Å². The number of benzene rings is 1. The van der Waals surface area contributed by atoms with Crippen LogP contribution in [0.1, 0.15) is 47.9 Å². The summed E-state index contributed by atoms with van der Waals surface area (Å²) in [6.07, 6.45) is 2.97. The van der Waals surface area contributed by atoms with Gasteiger partial charge in [-0.15, -0.1) is 11.3 Å². The summed E-state index contributed by atoms with van der Waals surface area (Å²) in [7, 11) is 0. The number of halogens is 1. The SMILES string of the molecule is Cc1sc2nc(C3CCC(C(=O)O)CC3)nc(NCc3ccccc3)c2c1Cl. The van der Waals surface area contributed by atoms with Crippen LogP contribution in [-0.2, 0) is 11.3 Å². The van der Waals surface area contributed by atoms with Crippen molar-refractivity contribution in [2.75, 3.05) is 5.32 Å². The molecule has 0 unspecified atom stereocenters. The molecule has 2 heterocycles. The molecule has 0 spiro atoms. The Hall–Kier alpha value is -2.18. The van der Waals surface area contributed by atoms with Crippen LogP contribution in [-0.4, -0.2) is 21.0 Å². The van der Waals surface area contributed by atoms with E-state index in [0.29, 0.717) is 24.4 Å². The Balaban J connectivity index is 1.64. The number of anilines is 1. The van der Waals surface area contributed by atoms with Crippen molar-refractivity contribution in [2.45, 2.75) is 45.1 Å². The van der Waals surface area contributed by atoms with Gasteiger partial charge in [0.25, 0.3) is 0 Å². The lowest BCUT2D eigenvalue weighted by molar-refractivity contribution is -0.142. The van der Waals surface area contributed by atoms with Gasteiger partial charge in [-0.25, -0.2) is 9.97 Å². The second-order valence-corrected chi connectivity index (χ2v) is 8.89. The van der Waals surface area contributed by atoms with E-state index in [0.717, 1.165) is 39.6 Å². The molecule has 1 aromatic carbocycles. The number of carboxylic acid groups (broad SMARTS) is 1. The molecule has 1 fully saturated rings. The molecule has 0 radical (unpaired) electrons. The lowest BCUT2D eigenvalue weighted by atomic mass is 9.81. The number of carboxylic acids is 1. The summed E-state index contributed by atoms with van der Waals surface area (Å²) in [5.74, 6) is 0.816. The molecule has 1 aliphatic rings. The quantitative estimate of drug-likeness (QED) is 0.565. The highest BCUT2D eigenvalue weighted by molar-refractivity contribution is 7.19. The van der Waals surface area contributed by atoms with E-state index in [1.54, 1.807) is 11.3 Å². The summed E-state index contributed by atoms with van der Waals surface area (Å²) < 4.78 is 0. The van der Waals surface area contributed by atoms with Crippen LogP contribution in [0.15, 0.2) is 30.3 Å². The van der Waals surface area contributed by atoms with Gasteiger partial charge in [-0.3, -0.25) is 4.79 Å². The van der Waals surface area contributed by atoms with Crippen molar-refractivity contribution in [3.05, 3.63) is 51.6 Å². The molecule has 0 bridgehead atoms. The van der Waals surface area contributed by atoms with Gasteiger partial charge in [0.15, 0.2) is 0 Å². The number of aromatic nitrogens is 2. The summed E-state index contributed by atoms with van der Waals surface area (Å²) in [6.45, 7) is 2.65. The predicted octanol–water partition coefficient (Wildman–Crippen LogP) is 5.62. The number of carbonyl (C=O) groups is 1. The molecule has 7 heteroatoms. The number of rotatable bonds is 5. The molecule has 1 saturated carbocycles. The van der Waals surface area contributed by atoms with E-state index in [4.69, 9.17) is 21.6 Å². The van der Waals surface area contributed by atoms with Gasteiger partial charge in [0.1, 0.15) is 16.5 Å². The number of aliphatic carboxylic acids is 1. The minimum Gasteiger partial charge on any atom is -0.481 e. The number of nitrogens with one attached hydrogen (secondary N) is 1. The van der Waals surface area contributed by atoms with Gasteiger partial charge in [-0.2, -0.15) is 0 Å². The Morgan fingerprint density at radius 2 is 1.93 bits per heavy atom. The molecule has 0 aliphatic heterocycles. The van der Waals surface area contributed by atoms with Crippen LogP contribution >= 0.6 is 22.9 Å². The normalized spacial score (nSPS) is 19.6.